The lowest BCUT2D eigenvalue weighted by atomic mass is 9.99. The first-order chi connectivity index (χ1) is 15.1. The molecule has 0 saturated heterocycles. The molecule has 1 aliphatic heterocycles. The monoisotopic (exact) mass is 403 g/mol. The lowest BCUT2D eigenvalue weighted by Gasteiger charge is -2.15. The third-order valence-corrected chi connectivity index (χ3v) is 5.81. The summed E-state index contributed by atoms with van der Waals surface area (Å²) >= 11 is 0. The van der Waals surface area contributed by atoms with E-state index in [0.29, 0.717) is 16.7 Å². The third kappa shape index (κ3) is 3.34. The number of rotatable bonds is 5. The quantitative estimate of drug-likeness (QED) is 0.329. The smallest absolute Gasteiger partial charge is 0.194 e. The zero-order valence-electron chi connectivity index (χ0n) is 17.2. The Kier molecular flexibility index (Phi) is 4.72. The van der Waals surface area contributed by atoms with Crippen molar-refractivity contribution in [3.63, 3.8) is 0 Å². The lowest BCUT2D eigenvalue weighted by molar-refractivity contribution is 0.0970. The Bertz CT molecular complexity index is 1380. The first kappa shape index (κ1) is 19.0. The Morgan fingerprint density at radius 1 is 0.710 bits per heavy atom. The summed E-state index contributed by atoms with van der Waals surface area (Å²) in [6.45, 7) is 2.23. The van der Waals surface area contributed by atoms with E-state index in [-0.39, 0.29) is 18.1 Å². The zero-order chi connectivity index (χ0) is 21.4. The van der Waals surface area contributed by atoms with Crippen LogP contribution in [0.2, 0.25) is 0 Å². The molecule has 0 aromatic heterocycles. The van der Waals surface area contributed by atoms with Gasteiger partial charge >= 0.3 is 0 Å². The van der Waals surface area contributed by atoms with Crippen molar-refractivity contribution in [2.24, 2.45) is 0 Å². The fourth-order valence-corrected chi connectivity index (χ4v) is 4.22. The van der Waals surface area contributed by atoms with Crippen LogP contribution >= 0.6 is 0 Å². The van der Waals surface area contributed by atoms with Gasteiger partial charge in [-0.1, -0.05) is 84.9 Å². The van der Waals surface area contributed by atoms with E-state index in [1.165, 1.54) is 0 Å². The topological polar surface area (TPSA) is 39.1 Å². The van der Waals surface area contributed by atoms with Crippen molar-refractivity contribution in [3.8, 4) is 11.1 Å². The van der Waals surface area contributed by atoms with E-state index < -0.39 is 0 Å². The molecule has 1 heterocycles. The minimum absolute atomic E-state index is 0.00316. The SMILES string of the molecule is Cc1cc2c3ccccc3c(C(=O)c3ccccc3)c-2cn1CC(=O)c1ccccc1. The van der Waals surface area contributed by atoms with Crippen LogP contribution in [0, 0.1) is 6.92 Å². The molecular formula is C28H21NO2. The summed E-state index contributed by atoms with van der Waals surface area (Å²) < 4.78 is 1.94. The van der Waals surface area contributed by atoms with Crippen LogP contribution < -0.4 is 0 Å². The van der Waals surface area contributed by atoms with Gasteiger partial charge in [0.15, 0.2) is 11.6 Å². The molecule has 150 valence electrons. The van der Waals surface area contributed by atoms with Crippen molar-refractivity contribution >= 4 is 22.3 Å². The molecule has 0 spiro atoms. The first-order valence-electron chi connectivity index (χ1n) is 10.3. The number of aryl methyl sites for hydroxylation is 1. The molecular weight excluding hydrogens is 382 g/mol. The van der Waals surface area contributed by atoms with Gasteiger partial charge in [0.05, 0.1) is 6.54 Å². The highest BCUT2D eigenvalue weighted by atomic mass is 16.1. The number of hydrogen-bond acceptors (Lipinski definition) is 2. The number of aromatic nitrogens is 1. The summed E-state index contributed by atoms with van der Waals surface area (Å²) in [4.78, 5) is 26.3. The number of fused-ring (bicyclic) bond motifs is 3. The van der Waals surface area contributed by atoms with E-state index in [0.717, 1.165) is 27.6 Å². The van der Waals surface area contributed by atoms with E-state index in [1.807, 2.05) is 96.6 Å². The number of pyridine rings is 1. The average Bonchev–Trinajstić information content (AvgIpc) is 3.13. The molecule has 0 saturated carbocycles. The average molecular weight is 403 g/mol. The highest BCUT2D eigenvalue weighted by Crippen LogP contribution is 2.40. The molecule has 3 heteroatoms. The molecule has 3 nitrogen and oxygen atoms in total. The number of carbonyl (C=O) groups is 2. The lowest BCUT2D eigenvalue weighted by Crippen LogP contribution is -2.13. The normalized spacial score (nSPS) is 11.1. The largest absolute Gasteiger partial charge is 0.343 e. The second-order valence-corrected chi connectivity index (χ2v) is 7.78. The summed E-state index contributed by atoms with van der Waals surface area (Å²) in [5.41, 5.74) is 4.93. The minimum Gasteiger partial charge on any atom is -0.343 e. The standard InChI is InChI=1S/C28H21NO2/c1-19-16-24-22-14-8-9-15-23(22)27(28(31)21-12-6-3-7-13-21)25(24)17-29(19)18-26(30)20-10-4-2-5-11-20/h2-17H,18H2,1H3. The number of carbonyl (C=O) groups excluding carboxylic acids is 2. The number of benzene rings is 3. The number of hydrogen-bond donors (Lipinski definition) is 0. The van der Waals surface area contributed by atoms with Crippen LogP contribution in [0.1, 0.15) is 32.0 Å². The molecule has 0 radical (unpaired) electrons. The highest BCUT2D eigenvalue weighted by molar-refractivity contribution is 6.25. The first-order valence-corrected chi connectivity index (χ1v) is 10.3. The third-order valence-electron chi connectivity index (χ3n) is 5.81. The minimum atomic E-state index is -0.00316. The number of nitrogens with zero attached hydrogens (tertiary/aromatic N) is 1. The molecule has 2 aliphatic rings. The Labute approximate surface area is 180 Å². The van der Waals surface area contributed by atoms with Gasteiger partial charge in [-0.05, 0) is 29.3 Å². The van der Waals surface area contributed by atoms with E-state index in [4.69, 9.17) is 0 Å². The van der Waals surface area contributed by atoms with Crippen molar-refractivity contribution < 1.29 is 9.59 Å². The van der Waals surface area contributed by atoms with Crippen LogP contribution in [0.15, 0.2) is 97.2 Å². The maximum absolute atomic E-state index is 13.5. The van der Waals surface area contributed by atoms with Crippen molar-refractivity contribution in [1.29, 1.82) is 0 Å². The van der Waals surface area contributed by atoms with Crippen LogP contribution in [0.25, 0.3) is 21.9 Å². The summed E-state index contributed by atoms with van der Waals surface area (Å²) in [6, 6.07) is 28.7. The van der Waals surface area contributed by atoms with Gasteiger partial charge in [0.25, 0.3) is 0 Å². The van der Waals surface area contributed by atoms with E-state index >= 15 is 0 Å². The van der Waals surface area contributed by atoms with Crippen molar-refractivity contribution in [2.75, 3.05) is 0 Å². The van der Waals surface area contributed by atoms with Gasteiger partial charge in [-0.2, -0.15) is 0 Å². The van der Waals surface area contributed by atoms with Gasteiger partial charge in [-0.15, -0.1) is 0 Å². The predicted octanol–water partition coefficient (Wildman–Crippen LogP) is 6.17. The molecule has 0 unspecified atom stereocenters. The molecule has 5 rings (SSSR count). The van der Waals surface area contributed by atoms with E-state index in [2.05, 4.69) is 12.1 Å². The second-order valence-electron chi connectivity index (χ2n) is 7.78. The van der Waals surface area contributed by atoms with Gasteiger partial charge < -0.3 is 4.57 Å². The molecule has 31 heavy (non-hydrogen) atoms. The molecule has 3 aromatic rings. The van der Waals surface area contributed by atoms with E-state index in [9.17, 15) is 9.59 Å². The predicted molar refractivity (Wildman–Crippen MR) is 124 cm³/mol. The van der Waals surface area contributed by atoms with Crippen molar-refractivity contribution in [1.82, 2.24) is 4.57 Å². The van der Waals surface area contributed by atoms with Gasteiger partial charge in [0.1, 0.15) is 0 Å². The van der Waals surface area contributed by atoms with Crippen LogP contribution in [0.5, 0.6) is 0 Å². The van der Waals surface area contributed by atoms with Crippen LogP contribution in [-0.4, -0.2) is 16.1 Å². The summed E-state index contributed by atoms with van der Waals surface area (Å²) in [6.07, 6.45) is 1.96. The van der Waals surface area contributed by atoms with Crippen LogP contribution in [0.4, 0.5) is 0 Å². The van der Waals surface area contributed by atoms with E-state index in [1.54, 1.807) is 0 Å². The molecule has 3 aromatic carbocycles. The second kappa shape index (κ2) is 7.69. The molecule has 0 fully saturated rings. The van der Waals surface area contributed by atoms with Gasteiger partial charge in [0.2, 0.25) is 0 Å². The van der Waals surface area contributed by atoms with Gasteiger partial charge in [0, 0.05) is 34.1 Å². The zero-order valence-corrected chi connectivity index (χ0v) is 17.2. The van der Waals surface area contributed by atoms with Gasteiger partial charge in [-0.25, -0.2) is 0 Å². The molecule has 0 atom stereocenters. The molecule has 0 N–H and O–H groups in total. The molecule has 0 amide bonds. The Morgan fingerprint density at radius 2 is 1.29 bits per heavy atom. The summed E-state index contributed by atoms with van der Waals surface area (Å²) in [5.74, 6) is 0.0386. The van der Waals surface area contributed by atoms with Crippen LogP contribution in [0.3, 0.4) is 0 Å². The molecule has 1 aliphatic carbocycles. The Balaban J connectivity index is 1.68. The Morgan fingerprint density at radius 3 is 1.97 bits per heavy atom. The fourth-order valence-electron chi connectivity index (χ4n) is 4.22. The maximum Gasteiger partial charge on any atom is 0.194 e. The molecule has 0 bridgehead atoms. The van der Waals surface area contributed by atoms with Gasteiger partial charge in [-0.3, -0.25) is 9.59 Å². The number of ketones is 2. The maximum atomic E-state index is 13.5. The van der Waals surface area contributed by atoms with Crippen molar-refractivity contribution in [3.05, 3.63) is 120 Å². The summed E-state index contributed by atoms with van der Waals surface area (Å²) in [7, 11) is 0. The highest BCUT2D eigenvalue weighted by Gasteiger charge is 2.24. The van der Waals surface area contributed by atoms with Crippen molar-refractivity contribution in [2.45, 2.75) is 13.5 Å². The van der Waals surface area contributed by atoms with Crippen LogP contribution in [-0.2, 0) is 6.54 Å². The summed E-state index contributed by atoms with van der Waals surface area (Å²) in [5, 5.41) is 2.00. The fraction of sp³-hybridized carbons (Fsp3) is 0.0714. The Hall–Kier alpha value is -3.98. The number of Topliss-reactive ketones (excluding diaryl/α,β-unsaturated/α-hetero) is 1.